The maximum atomic E-state index is 13.8. The zero-order chi connectivity index (χ0) is 19.6. The average molecular weight is 388 g/mol. The maximum absolute atomic E-state index is 13.8. The molecule has 2 aromatic rings. The number of carbonyl (C=O) groups is 1. The van der Waals surface area contributed by atoms with Gasteiger partial charge in [0.25, 0.3) is 0 Å². The Morgan fingerprint density at radius 2 is 1.89 bits per heavy atom. The standard InChI is InChI=1S/C20H18F2N2O2S/c1-3-26-19(25)17-12(2)24(14-7-5-4-6-8-14)20(27)23-18(17)13-9-10-15(21)16(22)11-13/h4-11,18H,3H2,1-2H3,(H,23,27)/t18-/m0/s1. The van der Waals surface area contributed by atoms with Gasteiger partial charge in [0, 0.05) is 11.4 Å². The first-order chi connectivity index (χ1) is 12.9. The predicted octanol–water partition coefficient (Wildman–Crippen LogP) is 4.24. The second-order valence-corrected chi connectivity index (χ2v) is 6.33. The molecular weight excluding hydrogens is 370 g/mol. The van der Waals surface area contributed by atoms with Crippen LogP contribution in [-0.4, -0.2) is 17.7 Å². The quantitative estimate of drug-likeness (QED) is 0.627. The Bertz CT molecular complexity index is 915. The van der Waals surface area contributed by atoms with Gasteiger partial charge in [-0.1, -0.05) is 24.3 Å². The molecule has 0 aromatic heterocycles. The molecule has 0 unspecified atom stereocenters. The van der Waals surface area contributed by atoms with Crippen molar-refractivity contribution in [3.63, 3.8) is 0 Å². The number of thiocarbonyl (C=S) groups is 1. The second kappa shape index (κ2) is 7.84. The van der Waals surface area contributed by atoms with Crippen LogP contribution in [0.3, 0.4) is 0 Å². The number of para-hydroxylation sites is 1. The third-order valence-electron chi connectivity index (χ3n) is 4.27. The van der Waals surface area contributed by atoms with Crippen molar-refractivity contribution in [3.8, 4) is 0 Å². The molecule has 0 radical (unpaired) electrons. The third kappa shape index (κ3) is 3.68. The Morgan fingerprint density at radius 1 is 1.19 bits per heavy atom. The Hall–Kier alpha value is -2.80. The number of nitrogens with one attached hydrogen (secondary N) is 1. The van der Waals surface area contributed by atoms with Crippen molar-refractivity contribution in [2.24, 2.45) is 0 Å². The summed E-state index contributed by atoms with van der Waals surface area (Å²) < 4.78 is 32.3. The van der Waals surface area contributed by atoms with Crippen molar-refractivity contribution < 1.29 is 18.3 Å². The van der Waals surface area contributed by atoms with E-state index in [4.69, 9.17) is 17.0 Å². The molecule has 1 aliphatic rings. The lowest BCUT2D eigenvalue weighted by Crippen LogP contribution is -2.48. The highest BCUT2D eigenvalue weighted by Crippen LogP contribution is 2.34. The molecule has 140 valence electrons. The molecule has 0 aliphatic carbocycles. The Balaban J connectivity index is 2.14. The van der Waals surface area contributed by atoms with E-state index in [0.717, 1.165) is 17.8 Å². The molecule has 3 rings (SSSR count). The van der Waals surface area contributed by atoms with Crippen LogP contribution in [0.1, 0.15) is 25.5 Å². The van der Waals surface area contributed by atoms with Crippen LogP contribution in [-0.2, 0) is 9.53 Å². The summed E-state index contributed by atoms with van der Waals surface area (Å²) in [5.41, 5.74) is 2.02. The van der Waals surface area contributed by atoms with E-state index in [1.54, 1.807) is 18.7 Å². The zero-order valence-corrected chi connectivity index (χ0v) is 15.6. The first-order valence-corrected chi connectivity index (χ1v) is 8.83. The highest BCUT2D eigenvalue weighted by molar-refractivity contribution is 7.80. The number of ether oxygens (including phenoxy) is 1. The summed E-state index contributed by atoms with van der Waals surface area (Å²) in [5.74, 6) is -2.49. The number of nitrogens with zero attached hydrogens (tertiary/aromatic N) is 1. The van der Waals surface area contributed by atoms with Gasteiger partial charge in [-0.2, -0.15) is 0 Å². The first-order valence-electron chi connectivity index (χ1n) is 8.42. The summed E-state index contributed by atoms with van der Waals surface area (Å²) in [7, 11) is 0. The largest absolute Gasteiger partial charge is 0.463 e. The number of hydrogen-bond acceptors (Lipinski definition) is 3. The van der Waals surface area contributed by atoms with Gasteiger partial charge in [-0.05, 0) is 55.9 Å². The molecule has 1 N–H and O–H groups in total. The summed E-state index contributed by atoms with van der Waals surface area (Å²) >= 11 is 5.49. The van der Waals surface area contributed by atoms with Crippen molar-refractivity contribution in [1.29, 1.82) is 0 Å². The van der Waals surface area contributed by atoms with Crippen LogP contribution in [0.4, 0.5) is 14.5 Å². The topological polar surface area (TPSA) is 41.6 Å². The summed E-state index contributed by atoms with van der Waals surface area (Å²) in [4.78, 5) is 14.4. The minimum atomic E-state index is -0.994. The van der Waals surface area contributed by atoms with Gasteiger partial charge in [0.15, 0.2) is 16.7 Å². The lowest BCUT2D eigenvalue weighted by Gasteiger charge is -2.37. The summed E-state index contributed by atoms with van der Waals surface area (Å²) in [6.45, 7) is 3.64. The number of hydrogen-bond donors (Lipinski definition) is 1. The molecule has 2 aromatic carbocycles. The number of esters is 1. The van der Waals surface area contributed by atoms with Crippen LogP contribution in [0, 0.1) is 11.6 Å². The summed E-state index contributed by atoms with van der Waals surface area (Å²) in [6.07, 6.45) is 0. The molecule has 1 atom stereocenters. The normalized spacial score (nSPS) is 17.0. The highest BCUT2D eigenvalue weighted by atomic mass is 32.1. The third-order valence-corrected chi connectivity index (χ3v) is 4.57. The number of benzene rings is 2. The minimum Gasteiger partial charge on any atom is -0.463 e. The van der Waals surface area contributed by atoms with Crippen LogP contribution in [0.25, 0.3) is 0 Å². The molecule has 0 bridgehead atoms. The van der Waals surface area contributed by atoms with Gasteiger partial charge in [-0.15, -0.1) is 0 Å². The van der Waals surface area contributed by atoms with E-state index >= 15 is 0 Å². The Labute approximate surface area is 161 Å². The van der Waals surface area contributed by atoms with Crippen molar-refractivity contribution in [3.05, 3.63) is 77.0 Å². The highest BCUT2D eigenvalue weighted by Gasteiger charge is 2.35. The fourth-order valence-corrected chi connectivity index (χ4v) is 3.41. The molecular formula is C20H18F2N2O2S. The molecule has 0 saturated carbocycles. The average Bonchev–Trinajstić information content (AvgIpc) is 2.64. The predicted molar refractivity (Wildman–Crippen MR) is 103 cm³/mol. The lowest BCUT2D eigenvalue weighted by atomic mass is 9.94. The molecule has 0 spiro atoms. The monoisotopic (exact) mass is 388 g/mol. The number of allylic oxidation sites excluding steroid dienone is 1. The van der Waals surface area contributed by atoms with Crippen LogP contribution in [0.5, 0.6) is 0 Å². The van der Waals surface area contributed by atoms with Gasteiger partial charge in [0.2, 0.25) is 0 Å². The fraction of sp³-hybridized carbons (Fsp3) is 0.200. The summed E-state index contributed by atoms with van der Waals surface area (Å²) in [5, 5.41) is 3.41. The van der Waals surface area contributed by atoms with Crippen LogP contribution < -0.4 is 10.2 Å². The van der Waals surface area contributed by atoms with Crippen molar-refractivity contribution >= 4 is 29.0 Å². The minimum absolute atomic E-state index is 0.190. The van der Waals surface area contributed by atoms with E-state index in [1.165, 1.54) is 6.07 Å². The molecule has 27 heavy (non-hydrogen) atoms. The Morgan fingerprint density at radius 3 is 2.52 bits per heavy atom. The van der Waals surface area contributed by atoms with E-state index < -0.39 is 23.6 Å². The number of rotatable bonds is 4. The van der Waals surface area contributed by atoms with Crippen LogP contribution in [0.15, 0.2) is 59.8 Å². The van der Waals surface area contributed by atoms with E-state index in [2.05, 4.69) is 5.32 Å². The molecule has 1 aliphatic heterocycles. The zero-order valence-electron chi connectivity index (χ0n) is 14.8. The summed E-state index contributed by atoms with van der Waals surface area (Å²) in [6, 6.07) is 12.1. The maximum Gasteiger partial charge on any atom is 0.338 e. The van der Waals surface area contributed by atoms with E-state index in [-0.39, 0.29) is 6.61 Å². The molecule has 1 heterocycles. The van der Waals surface area contributed by atoms with Crippen LogP contribution in [0.2, 0.25) is 0 Å². The van der Waals surface area contributed by atoms with Gasteiger partial charge in [-0.3, -0.25) is 4.90 Å². The van der Waals surface area contributed by atoms with Gasteiger partial charge >= 0.3 is 5.97 Å². The van der Waals surface area contributed by atoms with E-state index in [1.807, 2.05) is 30.3 Å². The number of anilines is 1. The van der Waals surface area contributed by atoms with Gasteiger partial charge in [-0.25, -0.2) is 13.6 Å². The van der Waals surface area contributed by atoms with Gasteiger partial charge in [0.05, 0.1) is 18.2 Å². The van der Waals surface area contributed by atoms with Crippen molar-refractivity contribution in [2.45, 2.75) is 19.9 Å². The molecule has 7 heteroatoms. The first kappa shape index (κ1) is 19.0. The van der Waals surface area contributed by atoms with E-state index in [9.17, 15) is 13.6 Å². The van der Waals surface area contributed by atoms with Crippen molar-refractivity contribution in [2.75, 3.05) is 11.5 Å². The van der Waals surface area contributed by atoms with Crippen molar-refractivity contribution in [1.82, 2.24) is 5.32 Å². The number of halogens is 2. The van der Waals surface area contributed by atoms with Gasteiger partial charge in [0.1, 0.15) is 0 Å². The van der Waals surface area contributed by atoms with Gasteiger partial charge < -0.3 is 10.1 Å². The molecule has 0 saturated heterocycles. The SMILES string of the molecule is CCOC(=O)C1=C(C)N(c2ccccc2)C(=S)N[C@H]1c1ccc(F)c(F)c1. The number of carbonyl (C=O) groups excluding carboxylic acids is 1. The lowest BCUT2D eigenvalue weighted by molar-refractivity contribution is -0.139. The second-order valence-electron chi connectivity index (χ2n) is 5.95. The molecule has 0 fully saturated rings. The smallest absolute Gasteiger partial charge is 0.338 e. The van der Waals surface area contributed by atoms with E-state index in [0.29, 0.717) is 21.9 Å². The Kier molecular flexibility index (Phi) is 5.51. The van der Waals surface area contributed by atoms with Crippen LogP contribution >= 0.6 is 12.2 Å². The molecule has 4 nitrogen and oxygen atoms in total. The molecule has 0 amide bonds. The fourth-order valence-electron chi connectivity index (χ4n) is 3.05.